The van der Waals surface area contributed by atoms with Gasteiger partial charge < -0.3 is 0 Å². The summed E-state index contributed by atoms with van der Waals surface area (Å²) in [6.07, 6.45) is 0. The average molecular weight is 277 g/mol. The van der Waals surface area contributed by atoms with Crippen molar-refractivity contribution < 1.29 is 0 Å². The molecule has 0 saturated heterocycles. The molecule has 5 nitrogen and oxygen atoms in total. The SMILES string of the molecule is CC(C)n1nnc(Sc2nc3ccccc3s2)n1. The van der Waals surface area contributed by atoms with Crippen LogP contribution in [0.3, 0.4) is 0 Å². The Labute approximate surface area is 112 Å². The van der Waals surface area contributed by atoms with E-state index in [1.807, 2.05) is 32.0 Å². The van der Waals surface area contributed by atoms with E-state index in [4.69, 9.17) is 0 Å². The van der Waals surface area contributed by atoms with Crippen LogP contribution in [0.1, 0.15) is 19.9 Å². The quantitative estimate of drug-likeness (QED) is 0.736. The number of thiazole rings is 1. The smallest absolute Gasteiger partial charge is 0.229 e. The molecule has 0 unspecified atom stereocenters. The van der Waals surface area contributed by atoms with Crippen LogP contribution in [0.5, 0.6) is 0 Å². The first kappa shape index (κ1) is 11.6. The van der Waals surface area contributed by atoms with Crippen LogP contribution >= 0.6 is 23.1 Å². The van der Waals surface area contributed by atoms with Crippen LogP contribution in [0.15, 0.2) is 33.8 Å². The summed E-state index contributed by atoms with van der Waals surface area (Å²) in [7, 11) is 0. The molecule has 0 fully saturated rings. The monoisotopic (exact) mass is 277 g/mol. The van der Waals surface area contributed by atoms with Gasteiger partial charge in [-0.3, -0.25) is 0 Å². The minimum Gasteiger partial charge on any atom is -0.229 e. The number of aromatic nitrogens is 5. The molecular formula is C11H11N5S2. The molecule has 0 aliphatic carbocycles. The van der Waals surface area contributed by atoms with Crippen molar-refractivity contribution in [3.05, 3.63) is 24.3 Å². The fraction of sp³-hybridized carbons (Fsp3) is 0.273. The van der Waals surface area contributed by atoms with Gasteiger partial charge >= 0.3 is 0 Å². The number of fused-ring (bicyclic) bond motifs is 1. The Kier molecular flexibility index (Phi) is 3.00. The Hall–Kier alpha value is -1.47. The maximum atomic E-state index is 4.53. The van der Waals surface area contributed by atoms with Gasteiger partial charge in [-0.1, -0.05) is 12.1 Å². The van der Waals surface area contributed by atoms with E-state index in [1.165, 1.54) is 16.5 Å². The number of tetrazole rings is 1. The van der Waals surface area contributed by atoms with E-state index in [0.717, 1.165) is 9.86 Å². The van der Waals surface area contributed by atoms with Crippen LogP contribution in [-0.4, -0.2) is 25.2 Å². The lowest BCUT2D eigenvalue weighted by Gasteiger charge is -1.98. The Bertz CT molecular complexity index is 640. The number of benzene rings is 1. The Morgan fingerprint density at radius 2 is 2.11 bits per heavy atom. The highest BCUT2D eigenvalue weighted by molar-refractivity contribution is 8.01. The highest BCUT2D eigenvalue weighted by Crippen LogP contribution is 2.32. The predicted octanol–water partition coefficient (Wildman–Crippen LogP) is 3.01. The lowest BCUT2D eigenvalue weighted by Crippen LogP contribution is -2.04. The van der Waals surface area contributed by atoms with Crippen molar-refractivity contribution in [3.8, 4) is 0 Å². The average Bonchev–Trinajstić information content (AvgIpc) is 2.94. The molecule has 2 aromatic heterocycles. The zero-order valence-corrected chi connectivity index (χ0v) is 11.6. The summed E-state index contributed by atoms with van der Waals surface area (Å²) in [5, 5.41) is 13.0. The third-order valence-corrected chi connectivity index (χ3v) is 4.27. The topological polar surface area (TPSA) is 56.5 Å². The molecule has 0 saturated carbocycles. The van der Waals surface area contributed by atoms with Crippen LogP contribution in [-0.2, 0) is 0 Å². The van der Waals surface area contributed by atoms with Crippen LogP contribution in [0.25, 0.3) is 10.2 Å². The second-order valence-corrected chi connectivity index (χ2v) is 6.28. The van der Waals surface area contributed by atoms with Gasteiger partial charge in [-0.2, -0.15) is 4.80 Å². The molecule has 7 heteroatoms. The summed E-state index contributed by atoms with van der Waals surface area (Å²) in [5.41, 5.74) is 1.02. The lowest BCUT2D eigenvalue weighted by atomic mass is 10.3. The molecule has 0 amide bonds. The minimum atomic E-state index is 0.224. The Morgan fingerprint density at radius 3 is 2.83 bits per heavy atom. The van der Waals surface area contributed by atoms with Crippen molar-refractivity contribution >= 4 is 33.3 Å². The van der Waals surface area contributed by atoms with Gasteiger partial charge in [0, 0.05) is 0 Å². The number of rotatable bonds is 3. The molecule has 3 aromatic rings. The van der Waals surface area contributed by atoms with E-state index in [1.54, 1.807) is 16.1 Å². The normalized spacial score (nSPS) is 11.5. The largest absolute Gasteiger partial charge is 0.238 e. The molecule has 0 spiro atoms. The van der Waals surface area contributed by atoms with E-state index in [2.05, 4.69) is 26.5 Å². The van der Waals surface area contributed by atoms with E-state index >= 15 is 0 Å². The molecule has 0 aliphatic heterocycles. The molecule has 0 atom stereocenters. The maximum Gasteiger partial charge on any atom is 0.238 e. The van der Waals surface area contributed by atoms with Gasteiger partial charge in [0.05, 0.1) is 16.3 Å². The van der Waals surface area contributed by atoms with Crippen molar-refractivity contribution in [2.75, 3.05) is 0 Å². The molecular weight excluding hydrogens is 266 g/mol. The summed E-state index contributed by atoms with van der Waals surface area (Å²) < 4.78 is 2.12. The molecule has 0 bridgehead atoms. The molecule has 2 heterocycles. The number of para-hydroxylation sites is 1. The third-order valence-electron chi connectivity index (χ3n) is 2.32. The highest BCUT2D eigenvalue weighted by atomic mass is 32.2. The fourth-order valence-electron chi connectivity index (χ4n) is 1.44. The van der Waals surface area contributed by atoms with E-state index in [-0.39, 0.29) is 6.04 Å². The van der Waals surface area contributed by atoms with Crippen LogP contribution in [0, 0.1) is 0 Å². The zero-order chi connectivity index (χ0) is 12.5. The molecule has 3 rings (SSSR count). The first-order valence-electron chi connectivity index (χ1n) is 5.55. The summed E-state index contributed by atoms with van der Waals surface area (Å²) >= 11 is 3.10. The van der Waals surface area contributed by atoms with Gasteiger partial charge in [-0.25, -0.2) is 4.98 Å². The van der Waals surface area contributed by atoms with Crippen molar-refractivity contribution in [2.24, 2.45) is 0 Å². The third kappa shape index (κ3) is 2.23. The first-order valence-corrected chi connectivity index (χ1v) is 7.18. The highest BCUT2D eigenvalue weighted by Gasteiger charge is 2.10. The van der Waals surface area contributed by atoms with E-state index in [0.29, 0.717) is 5.16 Å². The van der Waals surface area contributed by atoms with Gasteiger partial charge in [-0.15, -0.1) is 21.5 Å². The second-order valence-electron chi connectivity index (χ2n) is 4.04. The van der Waals surface area contributed by atoms with Gasteiger partial charge in [0.2, 0.25) is 5.16 Å². The van der Waals surface area contributed by atoms with Gasteiger partial charge in [0.25, 0.3) is 0 Å². The fourth-order valence-corrected chi connectivity index (χ4v) is 3.30. The van der Waals surface area contributed by atoms with Crippen molar-refractivity contribution in [2.45, 2.75) is 29.4 Å². The molecule has 18 heavy (non-hydrogen) atoms. The minimum absolute atomic E-state index is 0.224. The van der Waals surface area contributed by atoms with Crippen molar-refractivity contribution in [3.63, 3.8) is 0 Å². The summed E-state index contributed by atoms with van der Waals surface area (Å²) in [6, 6.07) is 8.30. The molecule has 0 N–H and O–H groups in total. The van der Waals surface area contributed by atoms with Gasteiger partial charge in [0.15, 0.2) is 4.34 Å². The summed E-state index contributed by atoms with van der Waals surface area (Å²) in [5.74, 6) is 0. The molecule has 1 aromatic carbocycles. The first-order chi connectivity index (χ1) is 8.72. The van der Waals surface area contributed by atoms with Crippen molar-refractivity contribution in [1.82, 2.24) is 25.2 Å². The number of nitrogens with zero attached hydrogens (tertiary/aromatic N) is 5. The van der Waals surface area contributed by atoms with Crippen molar-refractivity contribution in [1.29, 1.82) is 0 Å². The zero-order valence-electron chi connectivity index (χ0n) is 9.94. The van der Waals surface area contributed by atoms with Crippen LogP contribution < -0.4 is 0 Å². The molecule has 0 aliphatic rings. The van der Waals surface area contributed by atoms with Crippen LogP contribution in [0.2, 0.25) is 0 Å². The molecule has 92 valence electrons. The maximum absolute atomic E-state index is 4.53. The van der Waals surface area contributed by atoms with E-state index < -0.39 is 0 Å². The standard InChI is InChI=1S/C11H11N5S2/c1-7(2)16-14-10(13-15-16)18-11-12-8-5-3-4-6-9(8)17-11/h3-7H,1-2H3. The predicted molar refractivity (Wildman–Crippen MR) is 71.9 cm³/mol. The molecule has 0 radical (unpaired) electrons. The van der Waals surface area contributed by atoms with Gasteiger partial charge in [-0.05, 0) is 43.0 Å². The Balaban J connectivity index is 1.86. The van der Waals surface area contributed by atoms with Crippen LogP contribution in [0.4, 0.5) is 0 Å². The van der Waals surface area contributed by atoms with Gasteiger partial charge in [0.1, 0.15) is 0 Å². The number of hydrogen-bond acceptors (Lipinski definition) is 6. The lowest BCUT2D eigenvalue weighted by molar-refractivity contribution is 0.452. The number of hydrogen-bond donors (Lipinski definition) is 0. The Morgan fingerprint density at radius 1 is 1.28 bits per heavy atom. The van der Waals surface area contributed by atoms with E-state index in [9.17, 15) is 0 Å². The second kappa shape index (κ2) is 4.66. The summed E-state index contributed by atoms with van der Waals surface area (Å²) in [6.45, 7) is 4.04. The summed E-state index contributed by atoms with van der Waals surface area (Å²) in [4.78, 5) is 6.13.